The van der Waals surface area contributed by atoms with E-state index in [1.54, 1.807) is 18.9 Å². The zero-order valence-electron chi connectivity index (χ0n) is 11.7. The number of aromatic nitrogens is 1. The minimum absolute atomic E-state index is 0.110. The first-order chi connectivity index (χ1) is 9.61. The van der Waals surface area contributed by atoms with Crippen LogP contribution in [0.2, 0.25) is 0 Å². The van der Waals surface area contributed by atoms with Crippen LogP contribution in [0, 0.1) is 12.8 Å². The summed E-state index contributed by atoms with van der Waals surface area (Å²) in [5.74, 6) is 0.472. The van der Waals surface area contributed by atoms with Gasteiger partial charge in [0.2, 0.25) is 5.91 Å². The molecule has 7 heteroatoms. The van der Waals surface area contributed by atoms with Crippen molar-refractivity contribution in [3.8, 4) is 0 Å². The second-order valence-corrected chi connectivity index (χ2v) is 4.87. The van der Waals surface area contributed by atoms with Crippen molar-refractivity contribution in [3.05, 3.63) is 17.8 Å². The lowest BCUT2D eigenvalue weighted by Gasteiger charge is -2.16. The number of hydrogen-bond donors (Lipinski definition) is 1. The number of ether oxygens (including phenoxy) is 1. The molecule has 1 atom stereocenters. The molecule has 0 aromatic carbocycles. The topological polar surface area (TPSA) is 84.7 Å². The van der Waals surface area contributed by atoms with Crippen LogP contribution in [0.5, 0.6) is 0 Å². The molecule has 0 saturated carbocycles. The van der Waals surface area contributed by atoms with Crippen molar-refractivity contribution in [2.45, 2.75) is 13.3 Å². The third kappa shape index (κ3) is 3.36. The maximum Gasteiger partial charge on any atom is 0.273 e. The first kappa shape index (κ1) is 14.5. The number of carbonyl (C=O) groups is 2. The Morgan fingerprint density at radius 2 is 2.45 bits per heavy atom. The van der Waals surface area contributed by atoms with E-state index in [2.05, 4.69) is 10.3 Å². The zero-order valence-corrected chi connectivity index (χ0v) is 11.7. The van der Waals surface area contributed by atoms with Crippen LogP contribution in [-0.2, 0) is 9.53 Å². The van der Waals surface area contributed by atoms with Crippen LogP contribution in [0.15, 0.2) is 10.8 Å². The molecule has 2 rings (SSSR count). The van der Waals surface area contributed by atoms with Crippen LogP contribution in [0.3, 0.4) is 0 Å². The molecular formula is C13H19N3O4. The van der Waals surface area contributed by atoms with Crippen molar-refractivity contribution >= 4 is 11.8 Å². The molecule has 0 spiro atoms. The highest BCUT2D eigenvalue weighted by Gasteiger charge is 2.29. The van der Waals surface area contributed by atoms with Gasteiger partial charge in [0.1, 0.15) is 5.76 Å². The molecule has 0 bridgehead atoms. The lowest BCUT2D eigenvalue weighted by atomic mass is 10.1. The molecule has 0 aliphatic carbocycles. The van der Waals surface area contributed by atoms with Gasteiger partial charge in [0, 0.05) is 39.1 Å². The molecule has 1 fully saturated rings. The molecule has 1 saturated heterocycles. The number of rotatable bonds is 6. The Labute approximate surface area is 117 Å². The van der Waals surface area contributed by atoms with E-state index < -0.39 is 0 Å². The van der Waals surface area contributed by atoms with Crippen molar-refractivity contribution in [3.63, 3.8) is 0 Å². The molecule has 1 aromatic rings. The van der Waals surface area contributed by atoms with Crippen molar-refractivity contribution in [1.29, 1.82) is 0 Å². The summed E-state index contributed by atoms with van der Waals surface area (Å²) in [7, 11) is 1.61. The first-order valence-corrected chi connectivity index (χ1v) is 6.56. The molecule has 110 valence electrons. The molecule has 1 N–H and O–H groups in total. The van der Waals surface area contributed by atoms with Gasteiger partial charge in [-0.25, -0.2) is 4.98 Å². The summed E-state index contributed by atoms with van der Waals surface area (Å²) in [6, 6.07) is 0. The van der Waals surface area contributed by atoms with Crippen molar-refractivity contribution in [2.75, 3.05) is 33.4 Å². The number of hydrogen-bond acceptors (Lipinski definition) is 5. The van der Waals surface area contributed by atoms with E-state index in [-0.39, 0.29) is 17.7 Å². The minimum Gasteiger partial charge on any atom is -0.448 e. The Hall–Kier alpha value is -1.89. The van der Waals surface area contributed by atoms with E-state index in [4.69, 9.17) is 9.15 Å². The van der Waals surface area contributed by atoms with Gasteiger partial charge in [0.25, 0.3) is 5.91 Å². The van der Waals surface area contributed by atoms with Crippen LogP contribution >= 0.6 is 0 Å². The third-order valence-electron chi connectivity index (χ3n) is 3.37. The molecular weight excluding hydrogens is 262 g/mol. The molecule has 1 aromatic heterocycles. The highest BCUT2D eigenvalue weighted by atomic mass is 16.5. The Balaban J connectivity index is 1.79. The fourth-order valence-corrected chi connectivity index (χ4v) is 2.25. The number of nitrogens with one attached hydrogen (secondary N) is 1. The highest BCUT2D eigenvalue weighted by Crippen LogP contribution is 2.16. The fraction of sp³-hybridized carbons (Fsp3) is 0.615. The average molecular weight is 281 g/mol. The molecule has 0 unspecified atom stereocenters. The van der Waals surface area contributed by atoms with Gasteiger partial charge < -0.3 is 19.4 Å². The van der Waals surface area contributed by atoms with Crippen LogP contribution in [0.25, 0.3) is 0 Å². The Kier molecular flexibility index (Phi) is 4.73. The van der Waals surface area contributed by atoms with Gasteiger partial charge in [0.15, 0.2) is 12.1 Å². The summed E-state index contributed by atoms with van der Waals surface area (Å²) in [6.45, 7) is 3.93. The molecule has 20 heavy (non-hydrogen) atoms. The monoisotopic (exact) mass is 281 g/mol. The van der Waals surface area contributed by atoms with E-state index in [0.29, 0.717) is 44.1 Å². The highest BCUT2D eigenvalue weighted by molar-refractivity contribution is 5.93. The number of carbonyl (C=O) groups excluding carboxylic acids is 2. The smallest absolute Gasteiger partial charge is 0.273 e. The predicted molar refractivity (Wildman–Crippen MR) is 70.1 cm³/mol. The summed E-state index contributed by atoms with van der Waals surface area (Å²) in [5, 5.41) is 2.79. The number of oxazole rings is 1. The van der Waals surface area contributed by atoms with Gasteiger partial charge in [-0.05, 0) is 6.92 Å². The van der Waals surface area contributed by atoms with Crippen LogP contribution in [0.1, 0.15) is 22.7 Å². The molecule has 1 aliphatic heterocycles. The summed E-state index contributed by atoms with van der Waals surface area (Å²) in [6.07, 6.45) is 1.71. The molecule has 0 radical (unpaired) electrons. The van der Waals surface area contributed by atoms with E-state index in [9.17, 15) is 9.59 Å². The van der Waals surface area contributed by atoms with Crippen LogP contribution in [0.4, 0.5) is 0 Å². The van der Waals surface area contributed by atoms with Crippen molar-refractivity contribution in [2.24, 2.45) is 5.92 Å². The lowest BCUT2D eigenvalue weighted by Crippen LogP contribution is -2.32. The van der Waals surface area contributed by atoms with E-state index in [1.165, 1.54) is 6.39 Å². The van der Waals surface area contributed by atoms with Crippen LogP contribution < -0.4 is 5.32 Å². The van der Waals surface area contributed by atoms with Crippen LogP contribution in [-0.4, -0.2) is 55.0 Å². The summed E-state index contributed by atoms with van der Waals surface area (Å²) in [5.41, 5.74) is 0.297. The van der Waals surface area contributed by atoms with E-state index in [0.717, 1.165) is 0 Å². The Morgan fingerprint density at radius 3 is 3.10 bits per heavy atom. The van der Waals surface area contributed by atoms with Gasteiger partial charge in [-0.2, -0.15) is 0 Å². The van der Waals surface area contributed by atoms with Gasteiger partial charge in [-0.3, -0.25) is 9.59 Å². The van der Waals surface area contributed by atoms with E-state index >= 15 is 0 Å². The average Bonchev–Trinajstić information content (AvgIpc) is 3.00. The number of nitrogens with zero attached hydrogens (tertiary/aromatic N) is 2. The number of aryl methyl sites for hydroxylation is 1. The quantitative estimate of drug-likeness (QED) is 0.805. The lowest BCUT2D eigenvalue weighted by molar-refractivity contribution is -0.128. The van der Waals surface area contributed by atoms with Crippen molar-refractivity contribution in [1.82, 2.24) is 15.2 Å². The number of methoxy groups -OCH3 is 1. The second kappa shape index (κ2) is 6.51. The molecule has 2 heterocycles. The molecule has 7 nitrogen and oxygen atoms in total. The maximum atomic E-state index is 11.9. The maximum absolute atomic E-state index is 11.9. The van der Waals surface area contributed by atoms with Crippen molar-refractivity contribution < 1.29 is 18.7 Å². The van der Waals surface area contributed by atoms with E-state index in [1.807, 2.05) is 0 Å². The predicted octanol–water partition coefficient (Wildman–Crippen LogP) is 0.208. The fourth-order valence-electron chi connectivity index (χ4n) is 2.25. The summed E-state index contributed by atoms with van der Waals surface area (Å²) < 4.78 is 9.95. The number of amides is 2. The molecule has 2 amide bonds. The van der Waals surface area contributed by atoms with Gasteiger partial charge in [0.05, 0.1) is 6.61 Å². The minimum atomic E-state index is -0.265. The standard InChI is InChI=1S/C13H19N3O4/c1-9-12(15-8-20-9)13(18)14-6-10-5-11(17)16(7-10)3-4-19-2/h8,10H,3-7H2,1-2H3,(H,14,18)/t10-/m0/s1. The Morgan fingerprint density at radius 1 is 1.65 bits per heavy atom. The van der Waals surface area contributed by atoms with Gasteiger partial charge in [-0.1, -0.05) is 0 Å². The molecule has 1 aliphatic rings. The first-order valence-electron chi connectivity index (χ1n) is 6.56. The summed E-state index contributed by atoms with van der Waals surface area (Å²) >= 11 is 0. The zero-order chi connectivity index (χ0) is 14.5. The Bertz CT molecular complexity index is 486. The summed E-state index contributed by atoms with van der Waals surface area (Å²) in [4.78, 5) is 29.2. The van der Waals surface area contributed by atoms with Gasteiger partial charge >= 0.3 is 0 Å². The third-order valence-corrected chi connectivity index (χ3v) is 3.37. The largest absolute Gasteiger partial charge is 0.448 e. The second-order valence-electron chi connectivity index (χ2n) is 4.87. The number of likely N-dealkylation sites (tertiary alicyclic amines) is 1. The van der Waals surface area contributed by atoms with Gasteiger partial charge in [-0.15, -0.1) is 0 Å². The SMILES string of the molecule is COCCN1C[C@H](CNC(=O)c2ncoc2C)CC1=O. The normalized spacial score (nSPS) is 18.6.